The summed E-state index contributed by atoms with van der Waals surface area (Å²) in [5, 5.41) is 14.0. The molecule has 0 saturated heterocycles. The van der Waals surface area contributed by atoms with Crippen LogP contribution in [0, 0.1) is 13.8 Å². The second kappa shape index (κ2) is 5.48. The molecule has 0 atom stereocenters. The van der Waals surface area contributed by atoms with Crippen LogP contribution in [0.15, 0.2) is 54.6 Å². The molecule has 3 rings (SSSR count). The maximum atomic E-state index is 11.6. The van der Waals surface area contributed by atoms with Crippen molar-refractivity contribution in [1.82, 2.24) is 9.78 Å². The predicted molar refractivity (Wildman–Crippen MR) is 85.4 cm³/mol. The number of aromatic nitrogens is 2. The molecule has 2 aromatic carbocycles. The molecule has 110 valence electrons. The first-order chi connectivity index (χ1) is 10.6. The molecule has 0 unspecified atom stereocenters. The zero-order valence-electron chi connectivity index (χ0n) is 12.4. The van der Waals surface area contributed by atoms with Crippen LogP contribution in [0.25, 0.3) is 16.9 Å². The Balaban J connectivity index is 2.21. The summed E-state index contributed by atoms with van der Waals surface area (Å²) in [6.07, 6.45) is 0. The normalized spacial score (nSPS) is 10.6. The fourth-order valence-corrected chi connectivity index (χ4v) is 2.41. The zero-order chi connectivity index (χ0) is 15.7. The molecule has 0 saturated carbocycles. The van der Waals surface area contributed by atoms with Gasteiger partial charge in [0.1, 0.15) is 0 Å². The van der Waals surface area contributed by atoms with Gasteiger partial charge in [0.05, 0.1) is 11.4 Å². The number of rotatable bonds is 3. The highest BCUT2D eigenvalue weighted by Gasteiger charge is 2.17. The van der Waals surface area contributed by atoms with Crippen LogP contribution in [0.2, 0.25) is 0 Å². The van der Waals surface area contributed by atoms with Crippen molar-refractivity contribution >= 4 is 5.97 Å². The van der Waals surface area contributed by atoms with Crippen molar-refractivity contribution in [2.75, 3.05) is 0 Å². The van der Waals surface area contributed by atoms with E-state index in [-0.39, 0.29) is 5.69 Å². The fraction of sp³-hybridized carbons (Fsp3) is 0.111. The van der Waals surface area contributed by atoms with E-state index in [4.69, 9.17) is 0 Å². The topological polar surface area (TPSA) is 55.1 Å². The van der Waals surface area contributed by atoms with Crippen molar-refractivity contribution in [3.05, 3.63) is 71.4 Å². The molecule has 1 heterocycles. The summed E-state index contributed by atoms with van der Waals surface area (Å²) in [5.74, 6) is -0.990. The minimum absolute atomic E-state index is 0.160. The third-order valence-corrected chi connectivity index (χ3v) is 3.59. The quantitative estimate of drug-likeness (QED) is 0.797. The molecule has 4 heteroatoms. The summed E-state index contributed by atoms with van der Waals surface area (Å²) in [6, 6.07) is 17.1. The molecule has 1 N–H and O–H groups in total. The SMILES string of the molecule is Cc1ccc(C)c(-n2nc(-c3ccccc3)cc2C(=O)O)c1. The molecule has 1 aromatic heterocycles. The van der Waals surface area contributed by atoms with Crippen LogP contribution in [-0.2, 0) is 0 Å². The largest absolute Gasteiger partial charge is 0.477 e. The van der Waals surface area contributed by atoms with Crippen molar-refractivity contribution in [2.24, 2.45) is 0 Å². The van der Waals surface area contributed by atoms with Gasteiger partial charge in [-0.2, -0.15) is 5.10 Å². The van der Waals surface area contributed by atoms with Gasteiger partial charge in [-0.3, -0.25) is 0 Å². The Kier molecular flexibility index (Phi) is 3.51. The smallest absolute Gasteiger partial charge is 0.354 e. The molecule has 0 aliphatic heterocycles. The van der Waals surface area contributed by atoms with Crippen LogP contribution in [-0.4, -0.2) is 20.9 Å². The third kappa shape index (κ3) is 2.51. The van der Waals surface area contributed by atoms with Gasteiger partial charge in [-0.25, -0.2) is 9.48 Å². The first-order valence-electron chi connectivity index (χ1n) is 7.02. The van der Waals surface area contributed by atoms with Gasteiger partial charge in [0.25, 0.3) is 0 Å². The molecule has 22 heavy (non-hydrogen) atoms. The van der Waals surface area contributed by atoms with E-state index in [0.717, 1.165) is 22.4 Å². The molecular weight excluding hydrogens is 276 g/mol. The lowest BCUT2D eigenvalue weighted by Crippen LogP contribution is -2.09. The van der Waals surface area contributed by atoms with Crippen molar-refractivity contribution in [3.63, 3.8) is 0 Å². The number of nitrogens with zero attached hydrogens (tertiary/aromatic N) is 2. The number of hydrogen-bond donors (Lipinski definition) is 1. The van der Waals surface area contributed by atoms with Crippen LogP contribution in [0.1, 0.15) is 21.6 Å². The van der Waals surface area contributed by atoms with Crippen molar-refractivity contribution in [3.8, 4) is 16.9 Å². The van der Waals surface area contributed by atoms with Crippen LogP contribution >= 0.6 is 0 Å². The zero-order valence-corrected chi connectivity index (χ0v) is 12.4. The maximum Gasteiger partial charge on any atom is 0.354 e. The summed E-state index contributed by atoms with van der Waals surface area (Å²) < 4.78 is 1.51. The van der Waals surface area contributed by atoms with Gasteiger partial charge in [0.15, 0.2) is 5.69 Å². The number of carbonyl (C=O) groups is 1. The monoisotopic (exact) mass is 292 g/mol. The van der Waals surface area contributed by atoms with Crippen LogP contribution in [0.4, 0.5) is 0 Å². The lowest BCUT2D eigenvalue weighted by molar-refractivity contribution is 0.0687. The second-order valence-corrected chi connectivity index (χ2v) is 5.29. The number of carboxylic acid groups (broad SMARTS) is 1. The van der Waals surface area contributed by atoms with Gasteiger partial charge >= 0.3 is 5.97 Å². The van der Waals surface area contributed by atoms with Gasteiger partial charge in [-0.05, 0) is 37.1 Å². The Morgan fingerprint density at radius 2 is 1.77 bits per heavy atom. The summed E-state index contributed by atoms with van der Waals surface area (Å²) in [6.45, 7) is 3.93. The van der Waals surface area contributed by atoms with E-state index in [1.54, 1.807) is 6.07 Å². The van der Waals surface area contributed by atoms with E-state index in [1.807, 2.05) is 62.4 Å². The lowest BCUT2D eigenvalue weighted by Gasteiger charge is -2.09. The first kappa shape index (κ1) is 14.1. The number of benzene rings is 2. The van der Waals surface area contributed by atoms with Crippen molar-refractivity contribution in [2.45, 2.75) is 13.8 Å². The molecule has 0 aliphatic rings. The maximum absolute atomic E-state index is 11.6. The van der Waals surface area contributed by atoms with Gasteiger partial charge < -0.3 is 5.11 Å². The highest BCUT2D eigenvalue weighted by Crippen LogP contribution is 2.23. The molecule has 0 radical (unpaired) electrons. The van der Waals surface area contributed by atoms with Crippen LogP contribution < -0.4 is 0 Å². The number of aromatic carboxylic acids is 1. The summed E-state index contributed by atoms with van der Waals surface area (Å²) in [4.78, 5) is 11.6. The minimum atomic E-state index is -0.990. The number of hydrogen-bond acceptors (Lipinski definition) is 2. The van der Waals surface area contributed by atoms with Crippen molar-refractivity contribution < 1.29 is 9.90 Å². The first-order valence-corrected chi connectivity index (χ1v) is 7.02. The van der Waals surface area contributed by atoms with Gasteiger partial charge in [0, 0.05) is 5.56 Å². The third-order valence-electron chi connectivity index (χ3n) is 3.59. The molecule has 3 aromatic rings. The Hall–Kier alpha value is -2.88. The minimum Gasteiger partial charge on any atom is -0.477 e. The summed E-state index contributed by atoms with van der Waals surface area (Å²) in [5.41, 5.74) is 4.55. The average Bonchev–Trinajstić information content (AvgIpc) is 2.96. The Morgan fingerprint density at radius 3 is 2.45 bits per heavy atom. The average molecular weight is 292 g/mol. The lowest BCUT2D eigenvalue weighted by atomic mass is 10.1. The van der Waals surface area contributed by atoms with Gasteiger partial charge in [-0.15, -0.1) is 0 Å². The number of carboxylic acids is 1. The number of aryl methyl sites for hydroxylation is 2. The summed E-state index contributed by atoms with van der Waals surface area (Å²) in [7, 11) is 0. The highest BCUT2D eigenvalue weighted by molar-refractivity contribution is 5.88. The van der Waals surface area contributed by atoms with E-state index in [0.29, 0.717) is 5.69 Å². The molecule has 0 aliphatic carbocycles. The highest BCUT2D eigenvalue weighted by atomic mass is 16.4. The molecule has 0 spiro atoms. The standard InChI is InChI=1S/C18H16N2O2/c1-12-8-9-13(2)16(10-12)20-17(18(21)22)11-15(19-20)14-6-4-3-5-7-14/h3-11H,1-2H3,(H,21,22). The fourth-order valence-electron chi connectivity index (χ4n) is 2.41. The van der Waals surface area contributed by atoms with E-state index in [9.17, 15) is 9.90 Å². The Morgan fingerprint density at radius 1 is 1.05 bits per heavy atom. The Bertz CT molecular complexity index is 836. The van der Waals surface area contributed by atoms with E-state index >= 15 is 0 Å². The van der Waals surface area contributed by atoms with Gasteiger partial charge in [0.2, 0.25) is 0 Å². The van der Waals surface area contributed by atoms with Crippen molar-refractivity contribution in [1.29, 1.82) is 0 Å². The van der Waals surface area contributed by atoms with E-state index in [2.05, 4.69) is 5.10 Å². The van der Waals surface area contributed by atoms with E-state index < -0.39 is 5.97 Å². The summed E-state index contributed by atoms with van der Waals surface area (Å²) >= 11 is 0. The van der Waals surface area contributed by atoms with Crippen LogP contribution in [0.3, 0.4) is 0 Å². The molecule has 0 fully saturated rings. The molecule has 0 bridgehead atoms. The molecular formula is C18H16N2O2. The Labute approximate surface area is 128 Å². The van der Waals surface area contributed by atoms with Crippen LogP contribution in [0.5, 0.6) is 0 Å². The van der Waals surface area contributed by atoms with Gasteiger partial charge in [-0.1, -0.05) is 42.5 Å². The second-order valence-electron chi connectivity index (χ2n) is 5.29. The predicted octanol–water partition coefficient (Wildman–Crippen LogP) is 3.85. The molecule has 4 nitrogen and oxygen atoms in total. The molecule has 0 amide bonds. The van der Waals surface area contributed by atoms with E-state index in [1.165, 1.54) is 4.68 Å².